The highest BCUT2D eigenvalue weighted by Crippen LogP contribution is 2.45. The number of benzene rings is 3. The zero-order valence-corrected chi connectivity index (χ0v) is 23.8. The maximum absolute atomic E-state index is 13.3. The molecule has 0 spiro atoms. The van der Waals surface area contributed by atoms with Crippen LogP contribution in [0.1, 0.15) is 47.5 Å². The van der Waals surface area contributed by atoms with E-state index >= 15 is 0 Å². The summed E-state index contributed by atoms with van der Waals surface area (Å²) in [6, 6.07) is 13.0. The van der Waals surface area contributed by atoms with Crippen molar-refractivity contribution >= 4 is 45.6 Å². The molecule has 0 radical (unpaired) electrons. The van der Waals surface area contributed by atoms with Crippen LogP contribution in [-0.4, -0.2) is 59.0 Å². The fourth-order valence-corrected chi connectivity index (χ4v) is 5.28. The second kappa shape index (κ2) is 13.6. The van der Waals surface area contributed by atoms with E-state index in [2.05, 4.69) is 0 Å². The largest absolute Gasteiger partial charge is 0.493 e. The van der Waals surface area contributed by atoms with E-state index in [4.69, 9.17) is 41.0 Å². The molecule has 1 aliphatic rings. The van der Waals surface area contributed by atoms with Gasteiger partial charge in [0.1, 0.15) is 5.75 Å². The number of alkyl halides is 1. The summed E-state index contributed by atoms with van der Waals surface area (Å²) in [4.78, 5) is 27.0. The van der Waals surface area contributed by atoms with Gasteiger partial charge >= 0.3 is 5.97 Å². The van der Waals surface area contributed by atoms with Gasteiger partial charge in [0.05, 0.1) is 37.8 Å². The molecule has 4 rings (SSSR count). The van der Waals surface area contributed by atoms with Gasteiger partial charge in [-0.25, -0.2) is 4.79 Å². The van der Waals surface area contributed by atoms with Gasteiger partial charge in [0, 0.05) is 55.5 Å². The first kappa shape index (κ1) is 29.3. The first-order chi connectivity index (χ1) is 19.4. The lowest BCUT2D eigenvalue weighted by atomic mass is 9.95. The van der Waals surface area contributed by atoms with Crippen molar-refractivity contribution in [3.05, 3.63) is 53.6 Å². The predicted octanol–water partition coefficient (Wildman–Crippen LogP) is 5.51. The van der Waals surface area contributed by atoms with Gasteiger partial charge in [-0.15, -0.1) is 11.6 Å². The number of rotatable bonds is 13. The smallest absolute Gasteiger partial charge is 0.340 e. The number of hydrogen-bond acceptors (Lipinski definition) is 8. The van der Waals surface area contributed by atoms with E-state index in [0.717, 1.165) is 34.9 Å². The zero-order valence-electron chi connectivity index (χ0n) is 23.0. The van der Waals surface area contributed by atoms with Gasteiger partial charge in [-0.1, -0.05) is 24.3 Å². The molecule has 0 saturated heterocycles. The number of hydrogen-bond donors (Lipinski definition) is 1. The summed E-state index contributed by atoms with van der Waals surface area (Å²) < 4.78 is 26.9. The van der Waals surface area contributed by atoms with Crippen LogP contribution < -0.4 is 24.8 Å². The lowest BCUT2D eigenvalue weighted by Crippen LogP contribution is -2.29. The topological polar surface area (TPSA) is 110 Å². The second-order valence-electron chi connectivity index (χ2n) is 9.50. The molecule has 1 amide bonds. The Morgan fingerprint density at radius 1 is 0.975 bits per heavy atom. The fraction of sp³-hybridized carbons (Fsp3) is 0.400. The number of ether oxygens (including phenoxy) is 5. The minimum atomic E-state index is -0.545. The molecule has 3 aromatic carbocycles. The van der Waals surface area contributed by atoms with Crippen LogP contribution in [0.4, 0.5) is 11.4 Å². The van der Waals surface area contributed by atoms with E-state index < -0.39 is 5.97 Å². The Bertz CT molecular complexity index is 1360. The summed E-state index contributed by atoms with van der Waals surface area (Å²) in [5, 5.41) is 2.01. The molecule has 10 heteroatoms. The Hall–Kier alpha value is -3.69. The van der Waals surface area contributed by atoms with Crippen LogP contribution in [0.25, 0.3) is 10.8 Å². The Morgan fingerprint density at radius 2 is 1.75 bits per heavy atom. The molecular formula is C30H35ClN2O7. The summed E-state index contributed by atoms with van der Waals surface area (Å²) in [5.74, 6) is 1.49. The number of esters is 1. The van der Waals surface area contributed by atoms with Crippen molar-refractivity contribution in [1.29, 1.82) is 0 Å². The summed E-state index contributed by atoms with van der Waals surface area (Å²) in [6.07, 6.45) is 2.64. The number of fused-ring (bicyclic) bond motifs is 3. The SMILES string of the molecule is COCOc1cc2c(c3ccccc13)[C@H](CCl)CN2C(=O)CCCCCOc1cc(N)c(C(=O)OC)cc1OC. The average Bonchev–Trinajstić information content (AvgIpc) is 3.36. The standard InChI is InChI=1S/C30H35ClN2O7/c1-36-18-40-25-15-24-29(21-10-7-6-9-20(21)25)19(16-31)17-33(24)28(34)11-5-4-8-12-39-27-14-23(32)22(30(35)38-3)13-26(27)37-2/h6-7,9-10,13-15,19H,4-5,8,11-12,16-18,32H2,1-3H3/t19-/m1/s1. The van der Waals surface area contributed by atoms with Crippen molar-refractivity contribution in [2.24, 2.45) is 0 Å². The normalized spacial score (nSPS) is 14.2. The number of nitrogen functional groups attached to an aromatic ring is 1. The van der Waals surface area contributed by atoms with Crippen LogP contribution in [0.2, 0.25) is 0 Å². The molecule has 214 valence electrons. The van der Waals surface area contributed by atoms with E-state index in [9.17, 15) is 9.59 Å². The second-order valence-corrected chi connectivity index (χ2v) is 9.81. The molecule has 2 N–H and O–H groups in total. The number of halogens is 1. The monoisotopic (exact) mass is 570 g/mol. The summed E-state index contributed by atoms with van der Waals surface area (Å²) in [7, 11) is 4.36. The number of nitrogens with two attached hydrogens (primary N) is 1. The molecule has 9 nitrogen and oxygen atoms in total. The van der Waals surface area contributed by atoms with Crippen LogP contribution in [0.3, 0.4) is 0 Å². The van der Waals surface area contributed by atoms with E-state index in [1.165, 1.54) is 20.3 Å². The lowest BCUT2D eigenvalue weighted by molar-refractivity contribution is -0.118. The Labute approximate surface area is 239 Å². The predicted molar refractivity (Wildman–Crippen MR) is 155 cm³/mol. The molecule has 1 heterocycles. The molecule has 0 unspecified atom stereocenters. The first-order valence-corrected chi connectivity index (χ1v) is 13.7. The quantitative estimate of drug-likeness (QED) is 0.0942. The van der Waals surface area contributed by atoms with E-state index in [1.54, 1.807) is 13.2 Å². The Morgan fingerprint density at radius 3 is 2.45 bits per heavy atom. The van der Waals surface area contributed by atoms with Crippen LogP contribution in [0.15, 0.2) is 42.5 Å². The molecule has 0 saturated carbocycles. The summed E-state index contributed by atoms with van der Waals surface area (Å²) in [6.45, 7) is 1.07. The van der Waals surface area contributed by atoms with Crippen LogP contribution in [0, 0.1) is 0 Å². The van der Waals surface area contributed by atoms with Crippen molar-refractivity contribution in [2.45, 2.75) is 31.6 Å². The summed E-state index contributed by atoms with van der Waals surface area (Å²) in [5.41, 5.74) is 8.39. The van der Waals surface area contributed by atoms with Crippen molar-refractivity contribution in [3.8, 4) is 17.2 Å². The van der Waals surface area contributed by atoms with E-state index in [-0.39, 0.29) is 29.9 Å². The van der Waals surface area contributed by atoms with Gasteiger partial charge in [-0.05, 0) is 30.2 Å². The van der Waals surface area contributed by atoms with Gasteiger partial charge in [0.25, 0.3) is 0 Å². The molecule has 0 bridgehead atoms. The molecule has 3 aromatic rings. The molecular weight excluding hydrogens is 536 g/mol. The van der Waals surface area contributed by atoms with Crippen LogP contribution in [-0.2, 0) is 14.3 Å². The van der Waals surface area contributed by atoms with Gasteiger partial charge in [0.2, 0.25) is 5.91 Å². The maximum Gasteiger partial charge on any atom is 0.340 e. The minimum Gasteiger partial charge on any atom is -0.493 e. The highest BCUT2D eigenvalue weighted by molar-refractivity contribution is 6.19. The maximum atomic E-state index is 13.3. The van der Waals surface area contributed by atoms with Gasteiger partial charge in [0.15, 0.2) is 18.3 Å². The molecule has 0 aliphatic carbocycles. The van der Waals surface area contributed by atoms with Crippen molar-refractivity contribution in [3.63, 3.8) is 0 Å². The van der Waals surface area contributed by atoms with Crippen molar-refractivity contribution < 1.29 is 33.3 Å². The van der Waals surface area contributed by atoms with Crippen molar-refractivity contribution in [2.75, 3.05) is 57.8 Å². The number of unbranched alkanes of at least 4 members (excludes halogenated alkanes) is 2. The highest BCUT2D eigenvalue weighted by Gasteiger charge is 2.34. The Balaban J connectivity index is 1.36. The molecule has 0 fully saturated rings. The lowest BCUT2D eigenvalue weighted by Gasteiger charge is -2.19. The molecule has 0 aromatic heterocycles. The third-order valence-corrected chi connectivity index (χ3v) is 7.35. The number of carbonyl (C=O) groups is 2. The van der Waals surface area contributed by atoms with Gasteiger partial charge in [-0.2, -0.15) is 0 Å². The minimum absolute atomic E-state index is 0.0448. The highest BCUT2D eigenvalue weighted by atomic mass is 35.5. The first-order valence-electron chi connectivity index (χ1n) is 13.2. The molecule has 1 aliphatic heterocycles. The van der Waals surface area contributed by atoms with E-state index in [0.29, 0.717) is 49.1 Å². The van der Waals surface area contributed by atoms with E-state index in [1.807, 2.05) is 35.2 Å². The number of nitrogens with zero attached hydrogens (tertiary/aromatic N) is 1. The van der Waals surface area contributed by atoms with Crippen LogP contribution in [0.5, 0.6) is 17.2 Å². The molecule has 1 atom stereocenters. The van der Waals surface area contributed by atoms with Crippen molar-refractivity contribution in [1.82, 2.24) is 0 Å². The summed E-state index contributed by atoms with van der Waals surface area (Å²) >= 11 is 6.36. The number of amides is 1. The zero-order chi connectivity index (χ0) is 28.6. The van der Waals surface area contributed by atoms with Gasteiger partial charge < -0.3 is 34.3 Å². The van der Waals surface area contributed by atoms with Crippen LogP contribution >= 0.6 is 11.6 Å². The fourth-order valence-electron chi connectivity index (χ4n) is 5.02. The number of carbonyl (C=O) groups excluding carboxylic acids is 2. The van der Waals surface area contributed by atoms with Gasteiger partial charge in [-0.3, -0.25) is 4.79 Å². The Kier molecular flexibility index (Phi) is 9.95. The molecule has 40 heavy (non-hydrogen) atoms. The third-order valence-electron chi connectivity index (χ3n) is 6.98. The third kappa shape index (κ3) is 6.21. The number of methoxy groups -OCH3 is 3. The number of anilines is 2. The average molecular weight is 571 g/mol.